The van der Waals surface area contributed by atoms with Crippen molar-refractivity contribution in [2.75, 3.05) is 4.90 Å². The molecule has 0 aliphatic rings. The van der Waals surface area contributed by atoms with E-state index in [1.54, 1.807) is 6.07 Å². The van der Waals surface area contributed by atoms with Gasteiger partial charge in [0.2, 0.25) is 5.91 Å². The molecule has 7 heteroatoms. The molecule has 1 aromatic heterocycles. The molecule has 2 aromatic rings. The van der Waals surface area contributed by atoms with Gasteiger partial charge in [0.1, 0.15) is 17.6 Å². The molecule has 0 fully saturated rings. The van der Waals surface area contributed by atoms with Crippen molar-refractivity contribution >= 4 is 34.7 Å². The molecule has 0 aliphatic heterocycles. The van der Waals surface area contributed by atoms with E-state index in [1.165, 1.54) is 42.3 Å². The van der Waals surface area contributed by atoms with Crippen LogP contribution in [0.15, 0.2) is 41.7 Å². The maximum Gasteiger partial charge on any atom is 0.229 e. The first-order chi connectivity index (χ1) is 10.1. The fourth-order valence-corrected chi connectivity index (χ4v) is 1.96. The molecule has 0 unspecified atom stereocenters. The van der Waals surface area contributed by atoms with Gasteiger partial charge in [-0.25, -0.2) is 4.98 Å². The Bertz CT molecular complexity index is 755. The minimum absolute atomic E-state index is 0.153. The van der Waals surface area contributed by atoms with Gasteiger partial charge in [-0.15, -0.1) is 4.91 Å². The highest BCUT2D eigenvalue weighted by Gasteiger charge is 2.17. The van der Waals surface area contributed by atoms with Gasteiger partial charge in [0.25, 0.3) is 0 Å². The molecule has 1 aromatic carbocycles. The lowest BCUT2D eigenvalue weighted by atomic mass is 10.2. The summed E-state index contributed by atoms with van der Waals surface area (Å²) in [5, 5.41) is 12.1. The Kier molecular flexibility index (Phi) is 4.26. The molecule has 21 heavy (non-hydrogen) atoms. The van der Waals surface area contributed by atoms with Gasteiger partial charge < -0.3 is 0 Å². The predicted octanol–water partition coefficient (Wildman–Crippen LogP) is 3.69. The third-order valence-corrected chi connectivity index (χ3v) is 3.04. The summed E-state index contributed by atoms with van der Waals surface area (Å²) in [5.41, 5.74) is 0.824. The van der Waals surface area contributed by atoms with Crippen molar-refractivity contribution in [1.82, 2.24) is 4.98 Å². The van der Waals surface area contributed by atoms with Crippen LogP contribution in [0, 0.1) is 16.2 Å². The topological polar surface area (TPSA) is 86.4 Å². The molecule has 104 valence electrons. The number of benzene rings is 1. The van der Waals surface area contributed by atoms with Gasteiger partial charge in [-0.05, 0) is 29.4 Å². The highest BCUT2D eigenvalue weighted by molar-refractivity contribution is 6.31. The molecule has 0 N–H and O–H groups in total. The summed E-state index contributed by atoms with van der Waals surface area (Å²) in [6.07, 6.45) is 1.38. The maximum atomic E-state index is 11.9. The van der Waals surface area contributed by atoms with Crippen LogP contribution in [0.3, 0.4) is 0 Å². The fourth-order valence-electron chi connectivity index (χ4n) is 1.80. The second-order valence-corrected chi connectivity index (χ2v) is 4.50. The SMILES string of the molecule is CC(=O)N(c1ccc(Cl)c(C#N)c1)c1cc(N=O)ccn1. The van der Waals surface area contributed by atoms with E-state index < -0.39 is 0 Å². The van der Waals surface area contributed by atoms with Crippen LogP contribution in [0.5, 0.6) is 0 Å². The molecule has 2 rings (SSSR count). The quantitative estimate of drug-likeness (QED) is 0.809. The zero-order valence-corrected chi connectivity index (χ0v) is 11.7. The number of amides is 1. The van der Waals surface area contributed by atoms with Crippen LogP contribution in [0.2, 0.25) is 5.02 Å². The molecule has 0 atom stereocenters. The van der Waals surface area contributed by atoms with E-state index in [9.17, 15) is 9.70 Å². The monoisotopic (exact) mass is 300 g/mol. The Morgan fingerprint density at radius 3 is 2.76 bits per heavy atom. The number of hydrogen-bond donors (Lipinski definition) is 0. The molecule has 0 saturated carbocycles. The van der Waals surface area contributed by atoms with Crippen LogP contribution in [0.25, 0.3) is 0 Å². The van der Waals surface area contributed by atoms with Crippen LogP contribution in [0.1, 0.15) is 12.5 Å². The van der Waals surface area contributed by atoms with Crippen molar-refractivity contribution in [2.24, 2.45) is 5.18 Å². The summed E-state index contributed by atoms with van der Waals surface area (Å²) in [7, 11) is 0. The Morgan fingerprint density at radius 1 is 1.38 bits per heavy atom. The van der Waals surface area contributed by atoms with Gasteiger partial charge in [-0.2, -0.15) is 5.26 Å². The van der Waals surface area contributed by atoms with E-state index in [1.807, 2.05) is 6.07 Å². The predicted molar refractivity (Wildman–Crippen MR) is 78.7 cm³/mol. The number of aromatic nitrogens is 1. The summed E-state index contributed by atoms with van der Waals surface area (Å²) < 4.78 is 0. The molecular weight excluding hydrogens is 292 g/mol. The summed E-state index contributed by atoms with van der Waals surface area (Å²) in [6, 6.07) is 9.35. The number of anilines is 2. The van der Waals surface area contributed by atoms with Crippen molar-refractivity contribution < 1.29 is 4.79 Å². The third-order valence-electron chi connectivity index (χ3n) is 2.71. The number of rotatable bonds is 3. The highest BCUT2D eigenvalue weighted by Crippen LogP contribution is 2.29. The molecule has 6 nitrogen and oxygen atoms in total. The Labute approximate surface area is 125 Å². The minimum Gasteiger partial charge on any atom is -0.274 e. The first kappa shape index (κ1) is 14.6. The van der Waals surface area contributed by atoms with Gasteiger partial charge >= 0.3 is 0 Å². The van der Waals surface area contributed by atoms with Crippen molar-refractivity contribution in [2.45, 2.75) is 6.92 Å². The van der Waals surface area contributed by atoms with Gasteiger partial charge in [-0.1, -0.05) is 11.6 Å². The minimum atomic E-state index is -0.322. The first-order valence-electron chi connectivity index (χ1n) is 5.86. The van der Waals surface area contributed by atoms with Crippen molar-refractivity contribution in [1.29, 1.82) is 5.26 Å². The fraction of sp³-hybridized carbons (Fsp3) is 0.0714. The summed E-state index contributed by atoms with van der Waals surface area (Å²) in [4.78, 5) is 27.8. The molecule has 1 amide bonds. The standard InChI is InChI=1S/C14H9ClN4O2/c1-9(20)19(14-7-11(18-21)4-5-17-14)12-2-3-13(15)10(6-12)8-16/h2-7H,1H3. The lowest BCUT2D eigenvalue weighted by Crippen LogP contribution is -2.23. The van der Waals surface area contributed by atoms with E-state index in [2.05, 4.69) is 10.2 Å². The number of nitroso groups, excluding NO2 is 1. The number of hydrogen-bond acceptors (Lipinski definition) is 5. The average Bonchev–Trinajstić information content (AvgIpc) is 2.49. The van der Waals surface area contributed by atoms with Crippen molar-refractivity contribution in [3.63, 3.8) is 0 Å². The van der Waals surface area contributed by atoms with Gasteiger partial charge in [0.05, 0.1) is 16.3 Å². The number of nitriles is 1. The summed E-state index contributed by atoms with van der Waals surface area (Å²) in [6.45, 7) is 1.35. The van der Waals surface area contributed by atoms with Gasteiger partial charge in [-0.3, -0.25) is 9.69 Å². The maximum absolute atomic E-state index is 11.9. The molecule has 0 radical (unpaired) electrons. The Balaban J connectivity index is 2.56. The van der Waals surface area contributed by atoms with Gasteiger partial charge in [0.15, 0.2) is 0 Å². The van der Waals surface area contributed by atoms with E-state index in [4.69, 9.17) is 16.9 Å². The van der Waals surface area contributed by atoms with Crippen LogP contribution < -0.4 is 4.90 Å². The van der Waals surface area contributed by atoms with Crippen molar-refractivity contribution in [3.05, 3.63) is 52.0 Å². The van der Waals surface area contributed by atoms with Crippen molar-refractivity contribution in [3.8, 4) is 6.07 Å². The molecule has 1 heterocycles. The van der Waals surface area contributed by atoms with E-state index >= 15 is 0 Å². The first-order valence-corrected chi connectivity index (χ1v) is 6.24. The number of carbonyl (C=O) groups excluding carboxylic acids is 1. The number of carbonyl (C=O) groups is 1. The molecule has 0 spiro atoms. The molecule has 0 saturated heterocycles. The third kappa shape index (κ3) is 3.04. The average molecular weight is 301 g/mol. The van der Waals surface area contributed by atoms with Crippen LogP contribution >= 0.6 is 11.6 Å². The number of nitrogens with zero attached hydrogens (tertiary/aromatic N) is 4. The number of pyridine rings is 1. The number of halogens is 1. The lowest BCUT2D eigenvalue weighted by Gasteiger charge is -2.20. The molecule has 0 aliphatic carbocycles. The second kappa shape index (κ2) is 6.11. The second-order valence-electron chi connectivity index (χ2n) is 4.09. The largest absolute Gasteiger partial charge is 0.274 e. The van der Waals surface area contributed by atoms with Crippen LogP contribution in [0.4, 0.5) is 17.2 Å². The van der Waals surface area contributed by atoms with E-state index in [-0.39, 0.29) is 23.0 Å². The summed E-state index contributed by atoms with van der Waals surface area (Å²) in [5.74, 6) is -0.0810. The lowest BCUT2D eigenvalue weighted by molar-refractivity contribution is -0.115. The Morgan fingerprint density at radius 2 is 2.14 bits per heavy atom. The highest BCUT2D eigenvalue weighted by atomic mass is 35.5. The summed E-state index contributed by atoms with van der Waals surface area (Å²) >= 11 is 5.88. The zero-order valence-electron chi connectivity index (χ0n) is 10.9. The zero-order chi connectivity index (χ0) is 15.4. The molecule has 0 bridgehead atoms. The smallest absolute Gasteiger partial charge is 0.229 e. The normalized spacial score (nSPS) is 9.76. The van der Waals surface area contributed by atoms with Gasteiger partial charge in [0, 0.05) is 19.2 Å². The Hall–Kier alpha value is -2.78. The van der Waals surface area contributed by atoms with Crippen LogP contribution in [-0.2, 0) is 4.79 Å². The molecular formula is C14H9ClN4O2. The van der Waals surface area contributed by atoms with Crippen LogP contribution in [-0.4, -0.2) is 10.9 Å². The van der Waals surface area contributed by atoms with E-state index in [0.717, 1.165) is 0 Å². The van der Waals surface area contributed by atoms with E-state index in [0.29, 0.717) is 10.7 Å².